The summed E-state index contributed by atoms with van der Waals surface area (Å²) >= 11 is 0. The summed E-state index contributed by atoms with van der Waals surface area (Å²) in [7, 11) is -4.01. The van der Waals surface area contributed by atoms with Crippen LogP contribution < -0.4 is 9.73 Å². The van der Waals surface area contributed by atoms with Crippen molar-refractivity contribution in [2.75, 3.05) is 10.8 Å². The number of aromatic nitrogens is 1. The Morgan fingerprint density at radius 2 is 1.72 bits per heavy atom. The van der Waals surface area contributed by atoms with E-state index in [4.69, 9.17) is 0 Å². The number of halogens is 1. The summed E-state index contributed by atoms with van der Waals surface area (Å²) in [5.41, 5.74) is 2.85. The number of pyridine rings is 1. The fourth-order valence-corrected chi connectivity index (χ4v) is 3.80. The molecule has 0 saturated heterocycles. The molecular weight excluding hydrogens is 395 g/mol. The van der Waals surface area contributed by atoms with Gasteiger partial charge in [-0.05, 0) is 42.0 Å². The highest BCUT2D eigenvalue weighted by Crippen LogP contribution is 2.21. The first-order valence-electron chi connectivity index (χ1n) is 8.53. The molecule has 0 radical (unpaired) electrons. The van der Waals surface area contributed by atoms with Crippen molar-refractivity contribution in [3.63, 3.8) is 0 Å². The van der Waals surface area contributed by atoms with Crippen molar-refractivity contribution in [2.45, 2.75) is 4.90 Å². The van der Waals surface area contributed by atoms with E-state index in [0.717, 1.165) is 4.31 Å². The van der Waals surface area contributed by atoms with E-state index in [1.54, 1.807) is 30.3 Å². The minimum absolute atomic E-state index is 0.0354. The molecule has 0 spiro atoms. The van der Waals surface area contributed by atoms with E-state index < -0.39 is 22.5 Å². The lowest BCUT2D eigenvalue weighted by molar-refractivity contribution is -0.119. The Kier molecular flexibility index (Phi) is 6.30. The van der Waals surface area contributed by atoms with E-state index >= 15 is 0 Å². The number of nitrogens with zero attached hydrogens (tertiary/aromatic N) is 3. The number of nitrogens with one attached hydrogen (secondary N) is 1. The second-order valence-corrected chi connectivity index (χ2v) is 7.72. The fourth-order valence-electron chi connectivity index (χ4n) is 2.40. The molecule has 0 aliphatic carbocycles. The molecule has 148 valence electrons. The van der Waals surface area contributed by atoms with Crippen molar-refractivity contribution in [1.29, 1.82) is 0 Å². The van der Waals surface area contributed by atoms with Gasteiger partial charge in [0.25, 0.3) is 15.9 Å². The van der Waals surface area contributed by atoms with Gasteiger partial charge in [0.15, 0.2) is 0 Å². The normalized spacial score (nSPS) is 11.3. The van der Waals surface area contributed by atoms with E-state index in [1.165, 1.54) is 54.9 Å². The summed E-state index contributed by atoms with van der Waals surface area (Å²) in [5, 5.41) is 3.78. The Labute approximate surface area is 167 Å². The van der Waals surface area contributed by atoms with Crippen molar-refractivity contribution in [2.24, 2.45) is 5.10 Å². The molecule has 29 heavy (non-hydrogen) atoms. The molecule has 3 aromatic rings. The minimum atomic E-state index is -4.01. The van der Waals surface area contributed by atoms with Crippen molar-refractivity contribution in [1.82, 2.24) is 10.4 Å². The Hall–Kier alpha value is -3.59. The van der Waals surface area contributed by atoms with Crippen LogP contribution in [0.25, 0.3) is 0 Å². The molecule has 3 rings (SSSR count). The highest BCUT2D eigenvalue weighted by molar-refractivity contribution is 7.92. The average molecular weight is 412 g/mol. The largest absolute Gasteiger partial charge is 0.271 e. The third kappa shape index (κ3) is 5.23. The molecule has 0 unspecified atom stereocenters. The van der Waals surface area contributed by atoms with Gasteiger partial charge >= 0.3 is 0 Å². The molecule has 0 aliphatic rings. The van der Waals surface area contributed by atoms with Crippen LogP contribution in [0.1, 0.15) is 5.56 Å². The maximum atomic E-state index is 13.0. The van der Waals surface area contributed by atoms with Gasteiger partial charge in [-0.15, -0.1) is 0 Å². The molecule has 7 nitrogen and oxygen atoms in total. The third-order valence-corrected chi connectivity index (χ3v) is 5.56. The first-order valence-corrected chi connectivity index (χ1v) is 9.97. The number of anilines is 1. The monoisotopic (exact) mass is 412 g/mol. The van der Waals surface area contributed by atoms with Crippen LogP contribution in [0, 0.1) is 5.82 Å². The second kappa shape index (κ2) is 9.07. The Morgan fingerprint density at radius 3 is 2.38 bits per heavy atom. The summed E-state index contributed by atoms with van der Waals surface area (Å²) in [6.07, 6.45) is 2.77. The number of hydrogen-bond donors (Lipinski definition) is 1. The van der Waals surface area contributed by atoms with E-state index in [1.807, 2.05) is 0 Å². The van der Waals surface area contributed by atoms with Crippen molar-refractivity contribution in [3.05, 3.63) is 90.4 Å². The highest BCUT2D eigenvalue weighted by Gasteiger charge is 2.27. The number of sulfonamides is 1. The first kappa shape index (κ1) is 20.2. The van der Waals surface area contributed by atoms with Crippen molar-refractivity contribution >= 4 is 28.0 Å². The summed E-state index contributed by atoms with van der Waals surface area (Å²) in [6, 6.07) is 18.0. The molecule has 9 heteroatoms. The number of carbonyl (C=O) groups is 1. The van der Waals surface area contributed by atoms with Gasteiger partial charge in [0.2, 0.25) is 0 Å². The molecule has 0 saturated carbocycles. The number of carbonyl (C=O) groups excluding carboxylic acids is 1. The zero-order valence-electron chi connectivity index (χ0n) is 15.1. The van der Waals surface area contributed by atoms with Crippen LogP contribution in [0.3, 0.4) is 0 Å². The molecule has 1 heterocycles. The highest BCUT2D eigenvalue weighted by atomic mass is 32.2. The second-order valence-electron chi connectivity index (χ2n) is 5.86. The summed E-state index contributed by atoms with van der Waals surface area (Å²) in [6.45, 7) is -0.519. The number of benzene rings is 2. The standard InChI is InChI=1S/C20H17FN4O3S/c21-17-11-9-16(10-12-17)14-23-24-20(26)15-25(19-8-4-5-13-22-19)29(27,28)18-6-2-1-3-7-18/h1-14H,15H2,(H,24,26)/b23-14-. The zero-order valence-corrected chi connectivity index (χ0v) is 16.0. The molecule has 0 atom stereocenters. The zero-order chi connectivity index (χ0) is 20.7. The smallest absolute Gasteiger partial charge is 0.265 e. The first-order chi connectivity index (χ1) is 14.0. The van der Waals surface area contributed by atoms with Crippen LogP contribution in [0.15, 0.2) is 89.0 Å². The molecule has 0 aliphatic heterocycles. The topological polar surface area (TPSA) is 91.7 Å². The van der Waals surface area contributed by atoms with Gasteiger partial charge in [-0.2, -0.15) is 5.10 Å². The Bertz CT molecular complexity index is 1090. The maximum absolute atomic E-state index is 13.0. The molecular formula is C20H17FN4O3S. The Morgan fingerprint density at radius 1 is 1.03 bits per heavy atom. The lowest BCUT2D eigenvalue weighted by atomic mass is 10.2. The van der Waals surface area contributed by atoms with Crippen molar-refractivity contribution < 1.29 is 17.6 Å². The lowest BCUT2D eigenvalue weighted by Gasteiger charge is -2.22. The van der Waals surface area contributed by atoms with Gasteiger partial charge in [-0.3, -0.25) is 4.79 Å². The number of rotatable bonds is 7. The number of amides is 1. The molecule has 1 amide bonds. The predicted octanol–water partition coefficient (Wildman–Crippen LogP) is 2.57. The van der Waals surface area contributed by atoms with Crippen LogP contribution in [0.4, 0.5) is 10.2 Å². The molecule has 1 N–H and O–H groups in total. The van der Waals surface area contributed by atoms with E-state index in [-0.39, 0.29) is 16.5 Å². The van der Waals surface area contributed by atoms with Gasteiger partial charge in [-0.1, -0.05) is 36.4 Å². The molecule has 0 fully saturated rings. The van der Waals surface area contributed by atoms with Crippen molar-refractivity contribution in [3.8, 4) is 0 Å². The van der Waals surface area contributed by atoms with Gasteiger partial charge in [0, 0.05) is 6.20 Å². The van der Waals surface area contributed by atoms with Crippen LogP contribution in [0.5, 0.6) is 0 Å². The minimum Gasteiger partial charge on any atom is -0.271 e. The fraction of sp³-hybridized carbons (Fsp3) is 0.0500. The SMILES string of the molecule is O=C(CN(c1ccccn1)S(=O)(=O)c1ccccc1)N/N=C\c1ccc(F)cc1. The van der Waals surface area contributed by atoms with Crippen LogP contribution in [-0.4, -0.2) is 32.1 Å². The van der Waals surface area contributed by atoms with E-state index in [0.29, 0.717) is 5.56 Å². The lowest BCUT2D eigenvalue weighted by Crippen LogP contribution is -2.40. The summed E-state index contributed by atoms with van der Waals surface area (Å²) in [4.78, 5) is 16.4. The Balaban J connectivity index is 1.78. The van der Waals surface area contributed by atoms with Gasteiger partial charge < -0.3 is 0 Å². The van der Waals surface area contributed by atoms with Crippen LogP contribution in [0.2, 0.25) is 0 Å². The van der Waals surface area contributed by atoms with Gasteiger partial charge in [0.05, 0.1) is 11.1 Å². The van der Waals surface area contributed by atoms with E-state index in [2.05, 4.69) is 15.5 Å². The van der Waals surface area contributed by atoms with Crippen LogP contribution >= 0.6 is 0 Å². The molecule has 1 aromatic heterocycles. The molecule has 2 aromatic carbocycles. The maximum Gasteiger partial charge on any atom is 0.265 e. The number of hydrazone groups is 1. The predicted molar refractivity (Wildman–Crippen MR) is 107 cm³/mol. The summed E-state index contributed by atoms with van der Waals surface area (Å²) < 4.78 is 39.9. The average Bonchev–Trinajstić information content (AvgIpc) is 2.74. The number of hydrogen-bond acceptors (Lipinski definition) is 5. The quantitative estimate of drug-likeness (QED) is 0.477. The summed E-state index contributed by atoms with van der Waals surface area (Å²) in [5.74, 6) is -0.939. The van der Waals surface area contributed by atoms with Crippen LogP contribution in [-0.2, 0) is 14.8 Å². The van der Waals surface area contributed by atoms with Gasteiger partial charge in [0.1, 0.15) is 18.2 Å². The molecule has 0 bridgehead atoms. The van der Waals surface area contributed by atoms with E-state index in [9.17, 15) is 17.6 Å². The van der Waals surface area contributed by atoms with Gasteiger partial charge in [-0.25, -0.2) is 27.5 Å². The third-order valence-electron chi connectivity index (χ3n) is 3.80.